The highest BCUT2D eigenvalue weighted by Gasteiger charge is 2.04. The summed E-state index contributed by atoms with van der Waals surface area (Å²) in [5.74, 6) is -0.278. The van der Waals surface area contributed by atoms with Gasteiger partial charge in [-0.1, -0.05) is 0 Å². The van der Waals surface area contributed by atoms with Gasteiger partial charge in [-0.05, 0) is 19.9 Å². The van der Waals surface area contributed by atoms with E-state index in [1.165, 1.54) is 0 Å². The van der Waals surface area contributed by atoms with Gasteiger partial charge in [-0.25, -0.2) is 0 Å². The first-order valence-corrected chi connectivity index (χ1v) is 4.32. The molecule has 0 saturated heterocycles. The van der Waals surface area contributed by atoms with Crippen LogP contribution in [0.4, 0.5) is 0 Å². The highest BCUT2D eigenvalue weighted by molar-refractivity contribution is 5.77. The summed E-state index contributed by atoms with van der Waals surface area (Å²) in [6, 6.07) is 1.95. The molecule has 1 rings (SSSR count). The number of hydrogen-bond acceptors (Lipinski definition) is 3. The second-order valence-corrected chi connectivity index (χ2v) is 3.06. The summed E-state index contributed by atoms with van der Waals surface area (Å²) < 4.78 is 1.76. The summed E-state index contributed by atoms with van der Waals surface area (Å²) in [7, 11) is 0. The summed E-state index contributed by atoms with van der Waals surface area (Å²) in [5, 5.41) is 14.5. The largest absolute Gasteiger partial charge is 0.274 e. The lowest BCUT2D eigenvalue weighted by Gasteiger charge is -2.01. The minimum Gasteiger partial charge on any atom is -0.274 e. The van der Waals surface area contributed by atoms with Gasteiger partial charge < -0.3 is 0 Å². The number of aromatic nitrogens is 2. The van der Waals surface area contributed by atoms with Crippen LogP contribution in [0.25, 0.3) is 0 Å². The average Bonchev–Trinajstić information content (AvgIpc) is 2.42. The molecule has 0 spiro atoms. The van der Waals surface area contributed by atoms with E-state index in [1.807, 2.05) is 19.9 Å². The molecule has 0 unspecified atom stereocenters. The summed E-state index contributed by atoms with van der Waals surface area (Å²) >= 11 is 0. The van der Waals surface area contributed by atoms with E-state index in [0.717, 1.165) is 11.4 Å². The first-order chi connectivity index (χ1) is 6.63. The maximum Gasteiger partial charge on any atom is 0.234 e. The number of carbonyl (C=O) groups is 1. The van der Waals surface area contributed by atoms with E-state index in [-0.39, 0.29) is 12.3 Å². The maximum atomic E-state index is 11.0. The Kier molecular flexibility index (Phi) is 3.24. The monoisotopic (exact) mass is 192 g/mol. The first kappa shape index (κ1) is 10.3. The van der Waals surface area contributed by atoms with Crippen molar-refractivity contribution in [3.8, 4) is 6.19 Å². The van der Waals surface area contributed by atoms with Gasteiger partial charge in [0.1, 0.15) is 0 Å². The molecule has 5 heteroatoms. The molecule has 5 nitrogen and oxygen atoms in total. The summed E-state index contributed by atoms with van der Waals surface area (Å²) in [5.41, 5.74) is 1.95. The minimum absolute atomic E-state index is 0.273. The van der Waals surface area contributed by atoms with E-state index in [2.05, 4.69) is 10.4 Å². The zero-order valence-electron chi connectivity index (χ0n) is 8.24. The molecular weight excluding hydrogens is 180 g/mol. The van der Waals surface area contributed by atoms with Crippen molar-refractivity contribution in [3.63, 3.8) is 0 Å². The van der Waals surface area contributed by atoms with E-state index in [1.54, 1.807) is 10.9 Å². The van der Waals surface area contributed by atoms with E-state index in [4.69, 9.17) is 5.26 Å². The fraction of sp³-hybridized carbons (Fsp3) is 0.444. The second kappa shape index (κ2) is 4.42. The van der Waals surface area contributed by atoms with Gasteiger partial charge in [0.2, 0.25) is 5.91 Å². The fourth-order valence-electron chi connectivity index (χ4n) is 1.23. The zero-order chi connectivity index (χ0) is 10.6. The van der Waals surface area contributed by atoms with Crippen LogP contribution >= 0.6 is 0 Å². The number of amides is 1. The Morgan fingerprint density at radius 2 is 2.43 bits per heavy atom. The van der Waals surface area contributed by atoms with Crippen molar-refractivity contribution in [2.24, 2.45) is 0 Å². The van der Waals surface area contributed by atoms with E-state index in [9.17, 15) is 4.79 Å². The van der Waals surface area contributed by atoms with Crippen LogP contribution in [0.5, 0.6) is 0 Å². The Balaban J connectivity index is 2.50. The molecular formula is C9H12N4O. The van der Waals surface area contributed by atoms with Crippen LogP contribution < -0.4 is 5.32 Å². The molecule has 0 radical (unpaired) electrons. The normalized spacial score (nSPS) is 9.50. The summed E-state index contributed by atoms with van der Waals surface area (Å²) in [6.07, 6.45) is 1.87. The van der Waals surface area contributed by atoms with Gasteiger partial charge in [-0.2, -0.15) is 10.4 Å². The van der Waals surface area contributed by atoms with Gasteiger partial charge in [0.05, 0.1) is 5.69 Å². The van der Waals surface area contributed by atoms with Crippen LogP contribution in [-0.2, 0) is 11.3 Å². The van der Waals surface area contributed by atoms with E-state index >= 15 is 0 Å². The van der Waals surface area contributed by atoms with Gasteiger partial charge >= 0.3 is 0 Å². The molecule has 1 aromatic heterocycles. The highest BCUT2D eigenvalue weighted by atomic mass is 16.1. The van der Waals surface area contributed by atoms with Crippen LogP contribution in [0.1, 0.15) is 17.8 Å². The molecule has 1 N–H and O–H groups in total. The molecule has 0 saturated carbocycles. The molecule has 0 bridgehead atoms. The molecule has 1 heterocycles. The molecule has 74 valence electrons. The molecule has 0 aliphatic rings. The van der Waals surface area contributed by atoms with Crippen LogP contribution in [-0.4, -0.2) is 15.7 Å². The third-order valence-corrected chi connectivity index (χ3v) is 1.85. The van der Waals surface area contributed by atoms with Crippen molar-refractivity contribution in [1.82, 2.24) is 15.1 Å². The van der Waals surface area contributed by atoms with Gasteiger partial charge in [0.25, 0.3) is 0 Å². The smallest absolute Gasteiger partial charge is 0.234 e. The Morgan fingerprint density at radius 3 is 2.93 bits per heavy atom. The standard InChI is InChI=1S/C9H12N4O/c1-7-5-8(2)13(12-7)4-3-9(14)11-6-10/h5H,3-4H2,1-2H3,(H,11,14). The number of hydrogen-bond donors (Lipinski definition) is 1. The third-order valence-electron chi connectivity index (χ3n) is 1.85. The number of nitriles is 1. The third kappa shape index (κ3) is 2.59. The maximum absolute atomic E-state index is 11.0. The van der Waals surface area contributed by atoms with Crippen molar-refractivity contribution in [1.29, 1.82) is 5.26 Å². The number of nitrogens with one attached hydrogen (secondary N) is 1. The minimum atomic E-state index is -0.278. The van der Waals surface area contributed by atoms with Crippen molar-refractivity contribution < 1.29 is 4.79 Å². The van der Waals surface area contributed by atoms with Crippen molar-refractivity contribution in [2.75, 3.05) is 0 Å². The van der Waals surface area contributed by atoms with Crippen molar-refractivity contribution >= 4 is 5.91 Å². The SMILES string of the molecule is Cc1cc(C)n(CCC(=O)NC#N)n1. The molecule has 0 aromatic carbocycles. The van der Waals surface area contributed by atoms with Crippen LogP contribution in [0.15, 0.2) is 6.07 Å². The first-order valence-electron chi connectivity index (χ1n) is 4.32. The molecule has 0 aliphatic carbocycles. The molecule has 0 aliphatic heterocycles. The lowest BCUT2D eigenvalue weighted by Crippen LogP contribution is -2.19. The fourth-order valence-corrected chi connectivity index (χ4v) is 1.23. The van der Waals surface area contributed by atoms with Gasteiger partial charge in [-0.3, -0.25) is 14.8 Å². The Hall–Kier alpha value is -1.83. The highest BCUT2D eigenvalue weighted by Crippen LogP contribution is 2.02. The van der Waals surface area contributed by atoms with E-state index < -0.39 is 0 Å². The predicted molar refractivity (Wildman–Crippen MR) is 50.1 cm³/mol. The van der Waals surface area contributed by atoms with Gasteiger partial charge in [0.15, 0.2) is 6.19 Å². The Morgan fingerprint density at radius 1 is 1.71 bits per heavy atom. The quantitative estimate of drug-likeness (QED) is 0.559. The molecule has 0 fully saturated rings. The number of nitrogens with zero attached hydrogens (tertiary/aromatic N) is 3. The van der Waals surface area contributed by atoms with Gasteiger partial charge in [-0.15, -0.1) is 0 Å². The van der Waals surface area contributed by atoms with Crippen molar-refractivity contribution in [2.45, 2.75) is 26.8 Å². The summed E-state index contributed by atoms with van der Waals surface area (Å²) in [4.78, 5) is 11.0. The second-order valence-electron chi connectivity index (χ2n) is 3.06. The topological polar surface area (TPSA) is 70.7 Å². The number of carbonyl (C=O) groups excluding carboxylic acids is 1. The number of rotatable bonds is 3. The Bertz CT molecular complexity index is 375. The van der Waals surface area contributed by atoms with Crippen LogP contribution in [0, 0.1) is 25.3 Å². The molecule has 0 atom stereocenters. The molecule has 1 amide bonds. The molecule has 14 heavy (non-hydrogen) atoms. The lowest BCUT2D eigenvalue weighted by atomic mass is 10.4. The van der Waals surface area contributed by atoms with Crippen LogP contribution in [0.2, 0.25) is 0 Å². The van der Waals surface area contributed by atoms with E-state index in [0.29, 0.717) is 6.54 Å². The Labute approximate surface area is 82.3 Å². The van der Waals surface area contributed by atoms with Gasteiger partial charge in [0, 0.05) is 18.7 Å². The predicted octanol–water partition coefficient (Wildman–Crippen LogP) is 0.487. The number of aryl methyl sites for hydroxylation is 3. The lowest BCUT2D eigenvalue weighted by molar-refractivity contribution is -0.120. The van der Waals surface area contributed by atoms with Crippen LogP contribution in [0.3, 0.4) is 0 Å². The summed E-state index contributed by atoms with van der Waals surface area (Å²) in [6.45, 7) is 4.34. The average molecular weight is 192 g/mol. The zero-order valence-corrected chi connectivity index (χ0v) is 8.24. The van der Waals surface area contributed by atoms with Crippen molar-refractivity contribution in [3.05, 3.63) is 17.5 Å². The molecule has 1 aromatic rings.